The molecule has 4 heteroatoms. The van der Waals surface area contributed by atoms with Crippen LogP contribution in [0, 0.1) is 5.92 Å². The molecule has 0 spiro atoms. The predicted molar refractivity (Wildman–Crippen MR) is 74.5 cm³/mol. The van der Waals surface area contributed by atoms with Gasteiger partial charge in [0.15, 0.2) is 0 Å². The first-order chi connectivity index (χ1) is 9.22. The third kappa shape index (κ3) is 3.61. The van der Waals surface area contributed by atoms with Crippen molar-refractivity contribution >= 4 is 17.6 Å². The minimum atomic E-state index is -0.356. The zero-order valence-corrected chi connectivity index (χ0v) is 11.4. The Labute approximate surface area is 117 Å². The van der Waals surface area contributed by atoms with Crippen molar-refractivity contribution in [2.75, 3.05) is 13.0 Å². The van der Waals surface area contributed by atoms with Crippen LogP contribution < -0.4 is 4.74 Å². The molecule has 0 saturated carbocycles. The van der Waals surface area contributed by atoms with Crippen molar-refractivity contribution < 1.29 is 14.3 Å². The number of benzene rings is 1. The van der Waals surface area contributed by atoms with E-state index in [0.29, 0.717) is 23.1 Å². The SMILES string of the molecule is COC(=O)c1ccc(OC2=CC(CCl)CC=C2)cc1. The Morgan fingerprint density at radius 2 is 2.11 bits per heavy atom. The summed E-state index contributed by atoms with van der Waals surface area (Å²) in [6.45, 7) is 0. The van der Waals surface area contributed by atoms with Crippen LogP contribution in [-0.2, 0) is 4.74 Å². The van der Waals surface area contributed by atoms with E-state index in [1.54, 1.807) is 24.3 Å². The first kappa shape index (κ1) is 13.7. The minimum Gasteiger partial charge on any atom is -0.465 e. The lowest BCUT2D eigenvalue weighted by atomic mass is 10.0. The van der Waals surface area contributed by atoms with Gasteiger partial charge in [-0.15, -0.1) is 11.6 Å². The van der Waals surface area contributed by atoms with E-state index < -0.39 is 0 Å². The van der Waals surface area contributed by atoms with Crippen molar-refractivity contribution in [1.29, 1.82) is 0 Å². The standard InChI is InChI=1S/C15H15ClO3/c1-18-15(17)12-5-7-13(8-6-12)19-14-4-2-3-11(9-14)10-16/h2,4-9,11H,3,10H2,1H3. The van der Waals surface area contributed by atoms with Crippen LogP contribution in [0.25, 0.3) is 0 Å². The number of methoxy groups -OCH3 is 1. The number of hydrogen-bond acceptors (Lipinski definition) is 3. The zero-order valence-electron chi connectivity index (χ0n) is 10.6. The number of rotatable bonds is 4. The van der Waals surface area contributed by atoms with Crippen molar-refractivity contribution in [2.24, 2.45) is 5.92 Å². The van der Waals surface area contributed by atoms with Gasteiger partial charge >= 0.3 is 5.97 Å². The highest BCUT2D eigenvalue weighted by atomic mass is 35.5. The Hall–Kier alpha value is -1.74. The van der Waals surface area contributed by atoms with Crippen LogP contribution in [0.1, 0.15) is 16.8 Å². The molecule has 100 valence electrons. The highest BCUT2D eigenvalue weighted by Gasteiger charge is 2.10. The first-order valence-corrected chi connectivity index (χ1v) is 6.57. The molecule has 0 aromatic heterocycles. The number of esters is 1. The predicted octanol–water partition coefficient (Wildman–Crippen LogP) is 3.55. The number of ether oxygens (including phenoxy) is 2. The second kappa shape index (κ2) is 6.43. The van der Waals surface area contributed by atoms with Crippen LogP contribution in [0.4, 0.5) is 0 Å². The van der Waals surface area contributed by atoms with Gasteiger partial charge in [-0.3, -0.25) is 0 Å². The normalized spacial score (nSPS) is 17.8. The van der Waals surface area contributed by atoms with Crippen molar-refractivity contribution in [3.63, 3.8) is 0 Å². The molecule has 2 rings (SSSR count). The maximum absolute atomic E-state index is 11.3. The average Bonchev–Trinajstić information content (AvgIpc) is 2.47. The maximum Gasteiger partial charge on any atom is 0.337 e. The molecule has 0 radical (unpaired) electrons. The van der Waals surface area contributed by atoms with Gasteiger partial charge in [-0.05, 0) is 48.8 Å². The molecule has 1 aliphatic rings. The lowest BCUT2D eigenvalue weighted by Crippen LogP contribution is -2.05. The lowest BCUT2D eigenvalue weighted by molar-refractivity contribution is 0.0600. The van der Waals surface area contributed by atoms with Crippen LogP contribution in [0.5, 0.6) is 5.75 Å². The third-order valence-electron chi connectivity index (χ3n) is 2.83. The van der Waals surface area contributed by atoms with E-state index in [1.165, 1.54) is 7.11 Å². The van der Waals surface area contributed by atoms with Crippen molar-refractivity contribution in [3.05, 3.63) is 53.8 Å². The molecule has 0 bridgehead atoms. The molecule has 0 amide bonds. The summed E-state index contributed by atoms with van der Waals surface area (Å²) in [4.78, 5) is 11.3. The van der Waals surface area contributed by atoms with Gasteiger partial charge in [-0.2, -0.15) is 0 Å². The van der Waals surface area contributed by atoms with E-state index in [4.69, 9.17) is 16.3 Å². The van der Waals surface area contributed by atoms with E-state index in [2.05, 4.69) is 4.74 Å². The zero-order chi connectivity index (χ0) is 13.7. The number of hydrogen-bond donors (Lipinski definition) is 0. The second-order valence-electron chi connectivity index (χ2n) is 4.24. The smallest absolute Gasteiger partial charge is 0.337 e. The van der Waals surface area contributed by atoms with Crippen molar-refractivity contribution in [1.82, 2.24) is 0 Å². The summed E-state index contributed by atoms with van der Waals surface area (Å²) >= 11 is 5.83. The molecule has 1 aromatic carbocycles. The summed E-state index contributed by atoms with van der Waals surface area (Å²) in [6.07, 6.45) is 6.93. The van der Waals surface area contributed by atoms with Gasteiger partial charge in [0, 0.05) is 5.88 Å². The molecule has 0 fully saturated rings. The third-order valence-corrected chi connectivity index (χ3v) is 3.23. The minimum absolute atomic E-state index is 0.316. The number of halogens is 1. The largest absolute Gasteiger partial charge is 0.465 e. The van der Waals surface area contributed by atoms with Crippen LogP contribution >= 0.6 is 11.6 Å². The van der Waals surface area contributed by atoms with Gasteiger partial charge in [0.25, 0.3) is 0 Å². The fraction of sp³-hybridized carbons (Fsp3) is 0.267. The van der Waals surface area contributed by atoms with E-state index >= 15 is 0 Å². The quantitative estimate of drug-likeness (QED) is 0.624. The van der Waals surface area contributed by atoms with Gasteiger partial charge in [-0.1, -0.05) is 6.08 Å². The van der Waals surface area contributed by atoms with Gasteiger partial charge in [0.05, 0.1) is 12.7 Å². The summed E-state index contributed by atoms with van der Waals surface area (Å²) < 4.78 is 10.4. The number of allylic oxidation sites excluding steroid dienone is 3. The number of carbonyl (C=O) groups excluding carboxylic acids is 1. The molecule has 1 aliphatic carbocycles. The van der Waals surface area contributed by atoms with Gasteiger partial charge in [-0.25, -0.2) is 4.79 Å². The fourth-order valence-electron chi connectivity index (χ4n) is 1.80. The number of alkyl halides is 1. The molecule has 1 aromatic rings. The summed E-state index contributed by atoms with van der Waals surface area (Å²) in [5, 5.41) is 0. The average molecular weight is 279 g/mol. The fourth-order valence-corrected chi connectivity index (χ4v) is 2.02. The topological polar surface area (TPSA) is 35.5 Å². The van der Waals surface area contributed by atoms with E-state index in [0.717, 1.165) is 12.2 Å². The van der Waals surface area contributed by atoms with E-state index in [9.17, 15) is 4.79 Å². The van der Waals surface area contributed by atoms with Crippen LogP contribution in [0.15, 0.2) is 48.3 Å². The summed E-state index contributed by atoms with van der Waals surface area (Å²) in [7, 11) is 1.36. The van der Waals surface area contributed by atoms with Crippen LogP contribution in [0.3, 0.4) is 0 Å². The maximum atomic E-state index is 11.3. The Morgan fingerprint density at radius 1 is 1.37 bits per heavy atom. The monoisotopic (exact) mass is 278 g/mol. The number of carbonyl (C=O) groups is 1. The molecule has 0 saturated heterocycles. The highest BCUT2D eigenvalue weighted by molar-refractivity contribution is 6.18. The summed E-state index contributed by atoms with van der Waals surface area (Å²) in [5.41, 5.74) is 0.502. The molecular weight excluding hydrogens is 264 g/mol. The first-order valence-electron chi connectivity index (χ1n) is 6.03. The van der Waals surface area contributed by atoms with Gasteiger partial charge in [0.1, 0.15) is 11.5 Å². The highest BCUT2D eigenvalue weighted by Crippen LogP contribution is 2.22. The molecule has 3 nitrogen and oxygen atoms in total. The molecule has 1 unspecified atom stereocenters. The molecule has 0 N–H and O–H groups in total. The van der Waals surface area contributed by atoms with Gasteiger partial charge in [0.2, 0.25) is 0 Å². The Bertz CT molecular complexity index is 503. The summed E-state index contributed by atoms with van der Waals surface area (Å²) in [5.74, 6) is 2.00. The Kier molecular flexibility index (Phi) is 4.63. The molecular formula is C15H15ClO3. The molecule has 0 heterocycles. The molecule has 19 heavy (non-hydrogen) atoms. The summed E-state index contributed by atoms with van der Waals surface area (Å²) in [6, 6.07) is 6.83. The Morgan fingerprint density at radius 3 is 2.74 bits per heavy atom. The van der Waals surface area contributed by atoms with E-state index in [-0.39, 0.29) is 5.97 Å². The van der Waals surface area contributed by atoms with Gasteiger partial charge < -0.3 is 9.47 Å². The second-order valence-corrected chi connectivity index (χ2v) is 4.55. The molecule has 1 atom stereocenters. The van der Waals surface area contributed by atoms with Crippen LogP contribution in [-0.4, -0.2) is 19.0 Å². The van der Waals surface area contributed by atoms with E-state index in [1.807, 2.05) is 18.2 Å². The van der Waals surface area contributed by atoms with Crippen molar-refractivity contribution in [3.8, 4) is 5.75 Å². The lowest BCUT2D eigenvalue weighted by Gasteiger charge is -2.14. The van der Waals surface area contributed by atoms with Crippen LogP contribution in [0.2, 0.25) is 0 Å². The van der Waals surface area contributed by atoms with Crippen molar-refractivity contribution in [2.45, 2.75) is 6.42 Å². The molecule has 0 aliphatic heterocycles. The Balaban J connectivity index is 2.05.